The van der Waals surface area contributed by atoms with Crippen molar-refractivity contribution in [2.24, 2.45) is 0 Å². The van der Waals surface area contributed by atoms with Gasteiger partial charge >= 0.3 is 0 Å². The molecule has 0 aliphatic carbocycles. The summed E-state index contributed by atoms with van der Waals surface area (Å²) in [6.07, 6.45) is 9.59. The molecule has 1 aliphatic heterocycles. The van der Waals surface area contributed by atoms with E-state index in [4.69, 9.17) is 9.72 Å². The van der Waals surface area contributed by atoms with Crippen molar-refractivity contribution in [3.05, 3.63) is 71.2 Å². The van der Waals surface area contributed by atoms with Gasteiger partial charge in [-0.2, -0.15) is 0 Å². The fraction of sp³-hybridized carbons (Fsp3) is 0.250. The molecule has 4 aromatic rings. The van der Waals surface area contributed by atoms with Crippen LogP contribution in [0, 0.1) is 0 Å². The SMILES string of the molecule is COCCC1CCc2cc(Nc3nc(-c4cncnc4)cc4cc[nH]c(=O)c34)ccc2N1. The van der Waals surface area contributed by atoms with E-state index in [1.54, 1.807) is 25.7 Å². The van der Waals surface area contributed by atoms with E-state index in [1.807, 2.05) is 18.2 Å². The molecule has 8 nitrogen and oxygen atoms in total. The molecule has 0 spiro atoms. The Balaban J connectivity index is 1.50. The molecule has 32 heavy (non-hydrogen) atoms. The number of ether oxygens (including phenoxy) is 1. The highest BCUT2D eigenvalue weighted by Crippen LogP contribution is 2.31. The van der Waals surface area contributed by atoms with Gasteiger partial charge in [-0.05, 0) is 60.5 Å². The number of hydrogen-bond acceptors (Lipinski definition) is 7. The van der Waals surface area contributed by atoms with Gasteiger partial charge in [-0.15, -0.1) is 0 Å². The monoisotopic (exact) mass is 428 g/mol. The number of rotatable bonds is 6. The highest BCUT2D eigenvalue weighted by Gasteiger charge is 2.18. The third-order valence-electron chi connectivity index (χ3n) is 5.77. The average Bonchev–Trinajstić information content (AvgIpc) is 2.83. The van der Waals surface area contributed by atoms with Crippen LogP contribution in [-0.2, 0) is 11.2 Å². The molecule has 0 radical (unpaired) electrons. The van der Waals surface area contributed by atoms with Crippen LogP contribution in [0.15, 0.2) is 60.0 Å². The van der Waals surface area contributed by atoms with Crippen molar-refractivity contribution in [3.8, 4) is 11.3 Å². The molecule has 3 aromatic heterocycles. The van der Waals surface area contributed by atoms with Crippen molar-refractivity contribution in [1.82, 2.24) is 19.9 Å². The van der Waals surface area contributed by atoms with Crippen LogP contribution in [0.2, 0.25) is 0 Å². The summed E-state index contributed by atoms with van der Waals surface area (Å²) in [7, 11) is 1.73. The lowest BCUT2D eigenvalue weighted by atomic mass is 9.96. The van der Waals surface area contributed by atoms with E-state index in [0.717, 1.165) is 48.2 Å². The fourth-order valence-corrected chi connectivity index (χ4v) is 4.14. The molecule has 162 valence electrons. The zero-order valence-electron chi connectivity index (χ0n) is 17.8. The van der Waals surface area contributed by atoms with Crippen LogP contribution in [0.25, 0.3) is 22.0 Å². The zero-order valence-corrected chi connectivity index (χ0v) is 17.8. The van der Waals surface area contributed by atoms with Gasteiger partial charge in [0.25, 0.3) is 5.56 Å². The summed E-state index contributed by atoms with van der Waals surface area (Å²) < 4.78 is 5.21. The zero-order chi connectivity index (χ0) is 21.9. The van der Waals surface area contributed by atoms with E-state index >= 15 is 0 Å². The summed E-state index contributed by atoms with van der Waals surface area (Å²) >= 11 is 0. The molecule has 3 N–H and O–H groups in total. The number of nitrogens with one attached hydrogen (secondary N) is 3. The van der Waals surface area contributed by atoms with Gasteiger partial charge in [0.15, 0.2) is 0 Å². The first-order valence-electron chi connectivity index (χ1n) is 10.6. The summed E-state index contributed by atoms with van der Waals surface area (Å²) in [5.74, 6) is 0.505. The van der Waals surface area contributed by atoms with Crippen molar-refractivity contribution in [3.63, 3.8) is 0 Å². The van der Waals surface area contributed by atoms with Crippen molar-refractivity contribution < 1.29 is 4.74 Å². The van der Waals surface area contributed by atoms with E-state index in [2.05, 4.69) is 37.7 Å². The molecular formula is C24H24N6O2. The Bertz CT molecular complexity index is 1310. The molecule has 0 amide bonds. The summed E-state index contributed by atoms with van der Waals surface area (Å²) in [6.45, 7) is 0.753. The topological polar surface area (TPSA) is 105 Å². The molecule has 4 heterocycles. The number of hydrogen-bond donors (Lipinski definition) is 3. The average molecular weight is 428 g/mol. The standard InChI is InChI=1S/C24H24N6O2/c1-32-9-7-18-3-2-15-10-19(4-5-20(15)28-18)29-23-22-16(6-8-27-24(22)31)11-21(30-23)17-12-25-14-26-13-17/h4-6,8,10-14,18,28H,2-3,7,9H2,1H3,(H,27,31)(H,29,30). The van der Waals surface area contributed by atoms with Crippen LogP contribution in [0.5, 0.6) is 0 Å². The smallest absolute Gasteiger partial charge is 0.259 e. The fourth-order valence-electron chi connectivity index (χ4n) is 4.14. The number of H-pyrrole nitrogens is 1. The highest BCUT2D eigenvalue weighted by atomic mass is 16.5. The lowest BCUT2D eigenvalue weighted by Crippen LogP contribution is -2.26. The second-order valence-electron chi connectivity index (χ2n) is 7.91. The first kappa shape index (κ1) is 20.1. The second-order valence-corrected chi connectivity index (χ2v) is 7.91. The Morgan fingerprint density at radius 2 is 2.06 bits per heavy atom. The molecule has 5 rings (SSSR count). The Kier molecular flexibility index (Phi) is 5.51. The number of methoxy groups -OCH3 is 1. The number of aromatic amines is 1. The minimum atomic E-state index is -0.186. The van der Waals surface area contributed by atoms with Gasteiger partial charge in [-0.25, -0.2) is 15.0 Å². The minimum absolute atomic E-state index is 0.186. The van der Waals surface area contributed by atoms with Crippen molar-refractivity contribution >= 4 is 28.0 Å². The van der Waals surface area contributed by atoms with Crippen LogP contribution < -0.4 is 16.2 Å². The number of nitrogens with zero attached hydrogens (tertiary/aromatic N) is 3. The maximum atomic E-state index is 12.6. The van der Waals surface area contributed by atoms with E-state index in [-0.39, 0.29) is 5.56 Å². The number of anilines is 3. The van der Waals surface area contributed by atoms with Gasteiger partial charge in [0.05, 0.1) is 11.1 Å². The van der Waals surface area contributed by atoms with Crippen LogP contribution in [0.4, 0.5) is 17.2 Å². The summed E-state index contributed by atoms with van der Waals surface area (Å²) in [5.41, 5.74) is 4.58. The molecule has 0 saturated carbocycles. The van der Waals surface area contributed by atoms with Crippen molar-refractivity contribution in [2.75, 3.05) is 24.4 Å². The first-order valence-corrected chi connectivity index (χ1v) is 10.6. The van der Waals surface area contributed by atoms with Crippen molar-refractivity contribution in [1.29, 1.82) is 0 Å². The quantitative estimate of drug-likeness (QED) is 0.428. The van der Waals surface area contributed by atoms with E-state index < -0.39 is 0 Å². The van der Waals surface area contributed by atoms with Gasteiger partial charge in [0.1, 0.15) is 12.1 Å². The second kappa shape index (κ2) is 8.76. The number of fused-ring (bicyclic) bond motifs is 2. The molecule has 0 fully saturated rings. The van der Waals surface area contributed by atoms with Gasteiger partial charge in [-0.3, -0.25) is 4.79 Å². The lowest BCUT2D eigenvalue weighted by molar-refractivity contribution is 0.188. The lowest BCUT2D eigenvalue weighted by Gasteiger charge is -2.27. The Morgan fingerprint density at radius 3 is 2.91 bits per heavy atom. The van der Waals surface area contributed by atoms with Gasteiger partial charge in [0.2, 0.25) is 0 Å². The number of benzene rings is 1. The molecule has 8 heteroatoms. The number of aromatic nitrogens is 4. The van der Waals surface area contributed by atoms with Crippen LogP contribution >= 0.6 is 0 Å². The van der Waals surface area contributed by atoms with Crippen LogP contribution in [0.1, 0.15) is 18.4 Å². The summed E-state index contributed by atoms with van der Waals surface area (Å²) in [6, 6.07) is 10.4. The Labute approximate surface area is 185 Å². The largest absolute Gasteiger partial charge is 0.385 e. The highest BCUT2D eigenvalue weighted by molar-refractivity contribution is 5.95. The molecule has 1 aliphatic rings. The maximum absolute atomic E-state index is 12.6. The first-order chi connectivity index (χ1) is 15.7. The molecule has 0 bridgehead atoms. The van der Waals surface area contributed by atoms with Gasteiger partial charge in [0, 0.05) is 55.3 Å². The number of pyridine rings is 2. The van der Waals surface area contributed by atoms with E-state index in [1.165, 1.54) is 11.9 Å². The summed E-state index contributed by atoms with van der Waals surface area (Å²) in [4.78, 5) is 28.3. The molecule has 1 atom stereocenters. The Hall–Kier alpha value is -3.78. The normalized spacial score (nSPS) is 15.2. The van der Waals surface area contributed by atoms with E-state index in [0.29, 0.717) is 22.9 Å². The molecule has 0 saturated heterocycles. The third-order valence-corrected chi connectivity index (χ3v) is 5.77. The van der Waals surface area contributed by atoms with Gasteiger partial charge in [-0.1, -0.05) is 0 Å². The van der Waals surface area contributed by atoms with Crippen molar-refractivity contribution in [2.45, 2.75) is 25.3 Å². The van der Waals surface area contributed by atoms with E-state index in [9.17, 15) is 4.79 Å². The minimum Gasteiger partial charge on any atom is -0.385 e. The predicted molar refractivity (Wildman–Crippen MR) is 125 cm³/mol. The number of aryl methyl sites for hydroxylation is 1. The molecule has 1 unspecified atom stereocenters. The van der Waals surface area contributed by atoms with Crippen LogP contribution in [-0.4, -0.2) is 39.7 Å². The predicted octanol–water partition coefficient (Wildman–Crippen LogP) is 3.89. The third kappa shape index (κ3) is 4.04. The summed E-state index contributed by atoms with van der Waals surface area (Å²) in [5, 5.41) is 8.29. The maximum Gasteiger partial charge on any atom is 0.259 e. The molecule has 1 aromatic carbocycles. The van der Waals surface area contributed by atoms with Gasteiger partial charge < -0.3 is 20.4 Å². The van der Waals surface area contributed by atoms with Crippen LogP contribution in [0.3, 0.4) is 0 Å². The Morgan fingerprint density at radius 1 is 1.19 bits per heavy atom. The molecular weight excluding hydrogens is 404 g/mol.